The number of rotatable bonds is 6. The summed E-state index contributed by atoms with van der Waals surface area (Å²) in [7, 11) is 0. The van der Waals surface area contributed by atoms with Crippen LogP contribution in [0.1, 0.15) is 36.8 Å². The molecule has 0 saturated carbocycles. The Kier molecular flexibility index (Phi) is 8.35. The molecule has 3 N–H and O–H groups in total. The number of carbonyl (C=O) groups is 4. The Hall–Kier alpha value is -4.29. The summed E-state index contributed by atoms with van der Waals surface area (Å²) in [5, 5.41) is 7.49. The van der Waals surface area contributed by atoms with Crippen molar-refractivity contribution in [3.8, 4) is 0 Å². The molecule has 1 fully saturated rings. The van der Waals surface area contributed by atoms with Crippen molar-refractivity contribution in [3.05, 3.63) is 62.4 Å². The van der Waals surface area contributed by atoms with Gasteiger partial charge in [0.2, 0.25) is 5.69 Å². The van der Waals surface area contributed by atoms with Gasteiger partial charge in [0.1, 0.15) is 18.6 Å². The molecule has 2 aromatic rings. The van der Waals surface area contributed by atoms with Crippen molar-refractivity contribution in [2.75, 3.05) is 6.61 Å². The smallest absolute Gasteiger partial charge is 0.342 e. The van der Waals surface area contributed by atoms with Gasteiger partial charge < -0.3 is 19.5 Å². The van der Waals surface area contributed by atoms with Gasteiger partial charge in [0.25, 0.3) is 11.5 Å². The van der Waals surface area contributed by atoms with E-state index in [0.29, 0.717) is 0 Å². The van der Waals surface area contributed by atoms with Gasteiger partial charge in [0.15, 0.2) is 12.1 Å². The molecule has 1 saturated heterocycles. The van der Waals surface area contributed by atoms with Gasteiger partial charge in [-0.05, 0) is 18.9 Å². The fourth-order valence-corrected chi connectivity index (χ4v) is 3.48. The molecular formula is C23H26N4O9. The number of aromatic nitrogens is 3. The highest BCUT2D eigenvalue weighted by Crippen LogP contribution is 2.24. The third kappa shape index (κ3) is 6.43. The first kappa shape index (κ1) is 26.3. The zero-order chi connectivity index (χ0) is 26.4. The number of benzene rings is 1. The largest absolute Gasteiger partial charge is 0.463 e. The second-order valence-corrected chi connectivity index (χ2v) is 8.51. The molecule has 4 atom stereocenters. The Bertz CT molecular complexity index is 1240. The average Bonchev–Trinajstić information content (AvgIpc) is 2.86. The first-order valence-electron chi connectivity index (χ1n) is 11.2. The molecule has 1 amide bonds. The molecule has 192 valence electrons. The molecule has 0 aliphatic carbocycles. The molecule has 1 aromatic heterocycles. The van der Waals surface area contributed by atoms with Gasteiger partial charge in [0, 0.05) is 0 Å². The number of hydrogen-bond acceptors (Lipinski definition) is 10. The number of cyclic esters (lactones) is 2. The maximum Gasteiger partial charge on any atom is 0.342 e. The number of carbonyl (C=O) groups excluding carboxylic acids is 4. The lowest BCUT2D eigenvalue weighted by Crippen LogP contribution is -2.48. The molecular weight excluding hydrogens is 476 g/mol. The molecule has 2 unspecified atom stereocenters. The number of ether oxygens (including phenoxy) is 3. The van der Waals surface area contributed by atoms with Crippen LogP contribution >= 0.6 is 0 Å². The Labute approximate surface area is 204 Å². The molecule has 0 bridgehead atoms. The summed E-state index contributed by atoms with van der Waals surface area (Å²) in [4.78, 5) is 75.7. The van der Waals surface area contributed by atoms with Gasteiger partial charge in [-0.1, -0.05) is 44.2 Å². The maximum atomic E-state index is 13.1. The van der Waals surface area contributed by atoms with Gasteiger partial charge in [-0.3, -0.25) is 24.2 Å². The van der Waals surface area contributed by atoms with Crippen molar-refractivity contribution in [2.45, 2.75) is 45.4 Å². The lowest BCUT2D eigenvalue weighted by Gasteiger charge is -2.29. The standard InChI is InChI=1S/C23H26N4O9/c1-11(2)20(30)36-17-12(3)35-22(32)15(24-18(28)16-19(29)25-23(33)27-26-16)10-34-21(31)14(17)9-13-7-5-4-6-8-13/h4-8,11-12,14-15,17H,9-10H2,1-3H3,(H,24,28)(H2,25,27,29,33)/t12-,14+,15?,17?/m0/s1. The predicted octanol–water partition coefficient (Wildman–Crippen LogP) is -0.528. The number of aromatic amines is 2. The quantitative estimate of drug-likeness (QED) is 0.342. The summed E-state index contributed by atoms with van der Waals surface area (Å²) in [5.74, 6) is -5.00. The van der Waals surface area contributed by atoms with E-state index in [1.165, 1.54) is 6.92 Å². The van der Waals surface area contributed by atoms with Crippen LogP contribution in [0.15, 0.2) is 39.9 Å². The number of H-pyrrole nitrogens is 2. The van der Waals surface area contributed by atoms with Crippen LogP contribution in [0, 0.1) is 11.8 Å². The zero-order valence-corrected chi connectivity index (χ0v) is 19.8. The minimum absolute atomic E-state index is 0.130. The highest BCUT2D eigenvalue weighted by atomic mass is 16.6. The van der Waals surface area contributed by atoms with Crippen molar-refractivity contribution < 1.29 is 33.4 Å². The summed E-state index contributed by atoms with van der Waals surface area (Å²) in [6.45, 7) is 4.08. The van der Waals surface area contributed by atoms with Gasteiger partial charge in [0.05, 0.1) is 5.92 Å². The van der Waals surface area contributed by atoms with Crippen molar-refractivity contribution in [1.29, 1.82) is 0 Å². The van der Waals surface area contributed by atoms with Gasteiger partial charge in [-0.15, -0.1) is 0 Å². The first-order valence-corrected chi connectivity index (χ1v) is 11.2. The van der Waals surface area contributed by atoms with Crippen molar-refractivity contribution >= 4 is 23.8 Å². The van der Waals surface area contributed by atoms with E-state index < -0.39 is 77.5 Å². The third-order valence-electron chi connectivity index (χ3n) is 5.39. The Morgan fingerprint density at radius 1 is 1.14 bits per heavy atom. The number of esters is 3. The van der Waals surface area contributed by atoms with E-state index in [1.54, 1.807) is 44.2 Å². The summed E-state index contributed by atoms with van der Waals surface area (Å²) in [5.41, 5.74) is -1.96. The summed E-state index contributed by atoms with van der Waals surface area (Å²) < 4.78 is 16.4. The van der Waals surface area contributed by atoms with E-state index in [-0.39, 0.29) is 6.42 Å². The molecule has 0 spiro atoms. The number of nitrogens with one attached hydrogen (secondary N) is 3. The van der Waals surface area contributed by atoms with Crippen LogP contribution in [0.25, 0.3) is 0 Å². The van der Waals surface area contributed by atoms with Crippen molar-refractivity contribution in [1.82, 2.24) is 20.5 Å². The molecule has 13 heteroatoms. The fourth-order valence-electron chi connectivity index (χ4n) is 3.48. The monoisotopic (exact) mass is 502 g/mol. The second kappa shape index (κ2) is 11.4. The lowest BCUT2D eigenvalue weighted by molar-refractivity contribution is -0.176. The van der Waals surface area contributed by atoms with Crippen LogP contribution in [0.4, 0.5) is 0 Å². The second-order valence-electron chi connectivity index (χ2n) is 8.51. The molecule has 2 heterocycles. The molecule has 0 radical (unpaired) electrons. The van der Waals surface area contributed by atoms with Gasteiger partial charge in [-0.25, -0.2) is 14.7 Å². The van der Waals surface area contributed by atoms with Crippen LogP contribution in [0.2, 0.25) is 0 Å². The van der Waals surface area contributed by atoms with Crippen LogP contribution in [0.3, 0.4) is 0 Å². The van der Waals surface area contributed by atoms with Crippen LogP contribution in [0.5, 0.6) is 0 Å². The van der Waals surface area contributed by atoms with Crippen molar-refractivity contribution in [3.63, 3.8) is 0 Å². The summed E-state index contributed by atoms with van der Waals surface area (Å²) in [6.07, 6.45) is -2.13. The Morgan fingerprint density at radius 3 is 2.47 bits per heavy atom. The number of nitrogens with zero attached hydrogens (tertiary/aromatic N) is 1. The fraction of sp³-hybridized carbons (Fsp3) is 0.435. The van der Waals surface area contributed by atoms with E-state index in [2.05, 4.69) is 10.4 Å². The zero-order valence-electron chi connectivity index (χ0n) is 19.8. The number of hydrogen-bond donors (Lipinski definition) is 3. The average molecular weight is 502 g/mol. The first-order chi connectivity index (χ1) is 17.1. The van der Waals surface area contributed by atoms with Gasteiger partial charge in [-0.2, -0.15) is 5.10 Å². The van der Waals surface area contributed by atoms with E-state index in [9.17, 15) is 28.8 Å². The molecule has 1 aliphatic heterocycles. The molecule has 1 aliphatic rings. The van der Waals surface area contributed by atoms with E-state index in [1.807, 2.05) is 10.1 Å². The predicted molar refractivity (Wildman–Crippen MR) is 122 cm³/mol. The highest BCUT2D eigenvalue weighted by molar-refractivity contribution is 5.95. The number of amides is 1. The normalized spacial score (nSPS) is 22.4. The van der Waals surface area contributed by atoms with E-state index in [0.717, 1.165) is 5.56 Å². The molecule has 36 heavy (non-hydrogen) atoms. The van der Waals surface area contributed by atoms with E-state index in [4.69, 9.17) is 14.2 Å². The van der Waals surface area contributed by atoms with Crippen molar-refractivity contribution in [2.24, 2.45) is 11.8 Å². The van der Waals surface area contributed by atoms with Crippen LogP contribution in [-0.4, -0.2) is 63.9 Å². The summed E-state index contributed by atoms with van der Waals surface area (Å²) in [6, 6.07) is 7.44. The van der Waals surface area contributed by atoms with Gasteiger partial charge >= 0.3 is 23.6 Å². The van der Waals surface area contributed by atoms with E-state index >= 15 is 0 Å². The van der Waals surface area contributed by atoms with Crippen LogP contribution < -0.4 is 16.6 Å². The molecule has 3 rings (SSSR count). The van der Waals surface area contributed by atoms with Crippen LogP contribution in [-0.2, 0) is 35.0 Å². The minimum atomic E-state index is -1.51. The summed E-state index contributed by atoms with van der Waals surface area (Å²) >= 11 is 0. The SMILES string of the molecule is CC(C)C(=O)OC1[C@H](C)OC(=O)C(NC(=O)c2n[nH]c(=O)[nH]c2=O)COC(=O)[C@@H]1Cc1ccccc1. The Balaban J connectivity index is 1.88. The third-order valence-corrected chi connectivity index (χ3v) is 5.39. The molecule has 13 nitrogen and oxygen atoms in total. The Morgan fingerprint density at radius 2 is 1.83 bits per heavy atom. The maximum absolute atomic E-state index is 13.1. The highest BCUT2D eigenvalue weighted by Gasteiger charge is 2.42. The molecule has 1 aromatic carbocycles. The topological polar surface area (TPSA) is 187 Å². The minimum Gasteiger partial charge on any atom is -0.463 e. The lowest BCUT2D eigenvalue weighted by atomic mass is 9.91.